The fourth-order valence-corrected chi connectivity index (χ4v) is 3.78. The van der Waals surface area contributed by atoms with E-state index in [2.05, 4.69) is 21.4 Å². The number of ether oxygens (including phenoxy) is 1. The summed E-state index contributed by atoms with van der Waals surface area (Å²) in [5, 5.41) is 0. The van der Waals surface area contributed by atoms with Gasteiger partial charge in [-0.15, -0.1) is 0 Å². The Morgan fingerprint density at radius 3 is 2.71 bits per heavy atom. The highest BCUT2D eigenvalue weighted by molar-refractivity contribution is 9.10. The van der Waals surface area contributed by atoms with Crippen LogP contribution < -0.4 is 11.3 Å². The number of hydrogen-bond acceptors (Lipinski definition) is 3. The highest BCUT2D eigenvalue weighted by atomic mass is 79.9. The summed E-state index contributed by atoms with van der Waals surface area (Å²) in [4.78, 5) is 0. The molecule has 5 heteroatoms. The quantitative estimate of drug-likeness (QED) is 0.601. The zero-order valence-electron chi connectivity index (χ0n) is 12.5. The minimum absolute atomic E-state index is 0.0177. The van der Waals surface area contributed by atoms with E-state index < -0.39 is 0 Å². The Morgan fingerprint density at radius 2 is 2.10 bits per heavy atom. The van der Waals surface area contributed by atoms with Gasteiger partial charge in [-0.1, -0.05) is 31.4 Å². The van der Waals surface area contributed by atoms with Gasteiger partial charge < -0.3 is 4.74 Å². The number of hydrazine groups is 1. The Morgan fingerprint density at radius 1 is 1.38 bits per heavy atom. The van der Waals surface area contributed by atoms with Crippen molar-refractivity contribution in [2.24, 2.45) is 5.84 Å². The number of benzene rings is 1. The van der Waals surface area contributed by atoms with E-state index in [-0.39, 0.29) is 17.5 Å². The molecule has 3 nitrogen and oxygen atoms in total. The first-order valence-corrected chi connectivity index (χ1v) is 8.45. The van der Waals surface area contributed by atoms with Gasteiger partial charge >= 0.3 is 0 Å². The molecule has 118 valence electrons. The molecule has 21 heavy (non-hydrogen) atoms. The Bertz CT molecular complexity index is 458. The lowest BCUT2D eigenvalue weighted by Gasteiger charge is -2.43. The van der Waals surface area contributed by atoms with Crippen molar-refractivity contribution in [3.63, 3.8) is 0 Å². The van der Waals surface area contributed by atoms with Gasteiger partial charge in [-0.25, -0.2) is 4.39 Å². The van der Waals surface area contributed by atoms with Crippen LogP contribution in [0.2, 0.25) is 0 Å². The van der Waals surface area contributed by atoms with E-state index in [1.807, 2.05) is 13.0 Å². The second kappa shape index (κ2) is 7.68. The van der Waals surface area contributed by atoms with Crippen molar-refractivity contribution >= 4 is 15.9 Å². The molecule has 0 radical (unpaired) electrons. The largest absolute Gasteiger partial charge is 0.374 e. The molecule has 0 aliphatic heterocycles. The Labute approximate surface area is 134 Å². The molecule has 3 N–H and O–H groups in total. The zero-order chi connectivity index (χ0) is 15.3. The first kappa shape index (κ1) is 16.9. The molecule has 1 aromatic rings. The summed E-state index contributed by atoms with van der Waals surface area (Å²) >= 11 is 3.33. The van der Waals surface area contributed by atoms with Gasteiger partial charge in [0.15, 0.2) is 0 Å². The zero-order valence-corrected chi connectivity index (χ0v) is 14.1. The van der Waals surface area contributed by atoms with E-state index in [1.165, 1.54) is 12.5 Å². The van der Waals surface area contributed by atoms with Gasteiger partial charge in [-0.3, -0.25) is 11.3 Å². The second-order valence-corrected chi connectivity index (χ2v) is 6.49. The number of rotatable bonds is 6. The lowest BCUT2D eigenvalue weighted by molar-refractivity contribution is -0.0898. The summed E-state index contributed by atoms with van der Waals surface area (Å²) in [6.07, 6.45) is 6.21. The van der Waals surface area contributed by atoms with Crippen molar-refractivity contribution in [2.45, 2.75) is 57.1 Å². The Hall–Kier alpha value is -0.490. The van der Waals surface area contributed by atoms with Crippen molar-refractivity contribution in [1.29, 1.82) is 0 Å². The normalized spacial score (nSPS) is 19.4. The van der Waals surface area contributed by atoms with Crippen LogP contribution >= 0.6 is 15.9 Å². The lowest BCUT2D eigenvalue weighted by atomic mass is 9.77. The van der Waals surface area contributed by atoms with Gasteiger partial charge in [0.1, 0.15) is 5.82 Å². The van der Waals surface area contributed by atoms with Gasteiger partial charge in [0.05, 0.1) is 16.1 Å². The average Bonchev–Trinajstić information content (AvgIpc) is 2.50. The summed E-state index contributed by atoms with van der Waals surface area (Å²) in [5.74, 6) is 5.58. The van der Waals surface area contributed by atoms with Crippen LogP contribution in [0, 0.1) is 5.82 Å². The van der Waals surface area contributed by atoms with Gasteiger partial charge in [0.25, 0.3) is 0 Å². The first-order chi connectivity index (χ1) is 10.1. The van der Waals surface area contributed by atoms with E-state index in [0.717, 1.165) is 31.2 Å². The number of nitrogens with two attached hydrogens (primary N) is 1. The predicted octanol–water partition coefficient (Wildman–Crippen LogP) is 3.70. The molecule has 1 atom stereocenters. The third-order valence-electron chi connectivity index (χ3n) is 4.42. The lowest BCUT2D eigenvalue weighted by Crippen LogP contribution is -2.57. The van der Waals surface area contributed by atoms with Crippen molar-refractivity contribution in [2.75, 3.05) is 6.61 Å². The molecule has 1 aliphatic carbocycles. The maximum absolute atomic E-state index is 13.7. The third kappa shape index (κ3) is 3.83. The molecule has 1 unspecified atom stereocenters. The van der Waals surface area contributed by atoms with Gasteiger partial charge in [0, 0.05) is 6.61 Å². The van der Waals surface area contributed by atoms with Gasteiger partial charge in [0.2, 0.25) is 0 Å². The molecular weight excluding hydrogens is 335 g/mol. The summed E-state index contributed by atoms with van der Waals surface area (Å²) < 4.78 is 20.3. The third-order valence-corrected chi connectivity index (χ3v) is 5.31. The molecule has 0 spiro atoms. The van der Waals surface area contributed by atoms with Crippen LogP contribution in [0.1, 0.15) is 44.6 Å². The molecule has 0 aromatic heterocycles. The highest BCUT2D eigenvalue weighted by Gasteiger charge is 2.40. The Balaban J connectivity index is 2.22. The van der Waals surface area contributed by atoms with Crippen LogP contribution in [0.15, 0.2) is 22.7 Å². The van der Waals surface area contributed by atoms with Crippen LogP contribution in [0.3, 0.4) is 0 Å². The number of hydrogen-bond donors (Lipinski definition) is 2. The maximum Gasteiger partial charge on any atom is 0.137 e. The fraction of sp³-hybridized carbons (Fsp3) is 0.625. The van der Waals surface area contributed by atoms with E-state index in [1.54, 1.807) is 6.07 Å². The molecule has 0 heterocycles. The highest BCUT2D eigenvalue weighted by Crippen LogP contribution is 2.36. The summed E-state index contributed by atoms with van der Waals surface area (Å²) in [6.45, 7) is 2.69. The standard InChI is InChI=1S/C16H24BrFN2O/c1-2-21-16(9-4-3-5-10-16)14(20-19)11-12-7-6-8-13(18)15(12)17/h6-8,14,20H,2-5,9-11,19H2,1H3. The SMILES string of the molecule is CCOC1(C(Cc2cccc(F)c2Br)NN)CCCCC1. The first-order valence-electron chi connectivity index (χ1n) is 7.66. The monoisotopic (exact) mass is 358 g/mol. The van der Waals surface area contributed by atoms with E-state index >= 15 is 0 Å². The molecule has 0 amide bonds. The maximum atomic E-state index is 13.7. The summed E-state index contributed by atoms with van der Waals surface area (Å²) in [6, 6.07) is 5.10. The van der Waals surface area contributed by atoms with Crippen molar-refractivity contribution < 1.29 is 9.13 Å². The minimum Gasteiger partial charge on any atom is -0.374 e. The van der Waals surface area contributed by atoms with E-state index in [4.69, 9.17) is 10.6 Å². The average molecular weight is 359 g/mol. The van der Waals surface area contributed by atoms with Crippen molar-refractivity contribution in [3.8, 4) is 0 Å². The number of halogens is 2. The molecule has 1 aromatic carbocycles. The predicted molar refractivity (Wildman–Crippen MR) is 86.4 cm³/mol. The molecule has 2 rings (SSSR count). The van der Waals surface area contributed by atoms with Gasteiger partial charge in [-0.05, 0) is 53.7 Å². The second-order valence-electron chi connectivity index (χ2n) is 5.69. The smallest absolute Gasteiger partial charge is 0.137 e. The van der Waals surface area contributed by atoms with Crippen LogP contribution in [-0.4, -0.2) is 18.2 Å². The van der Waals surface area contributed by atoms with Crippen LogP contribution in [0.4, 0.5) is 4.39 Å². The van der Waals surface area contributed by atoms with Crippen molar-refractivity contribution in [3.05, 3.63) is 34.1 Å². The molecular formula is C16H24BrFN2O. The number of nitrogens with one attached hydrogen (secondary N) is 1. The van der Waals surface area contributed by atoms with Crippen LogP contribution in [0.25, 0.3) is 0 Å². The molecule has 0 saturated heterocycles. The molecule has 1 aliphatic rings. The van der Waals surface area contributed by atoms with E-state index in [9.17, 15) is 4.39 Å². The minimum atomic E-state index is -0.243. The molecule has 1 fully saturated rings. The van der Waals surface area contributed by atoms with Crippen molar-refractivity contribution in [1.82, 2.24) is 5.43 Å². The fourth-order valence-electron chi connectivity index (χ4n) is 3.35. The molecule has 1 saturated carbocycles. The van der Waals surface area contributed by atoms with Crippen LogP contribution in [-0.2, 0) is 11.2 Å². The summed E-state index contributed by atoms with van der Waals surface area (Å²) in [7, 11) is 0. The molecule has 0 bridgehead atoms. The summed E-state index contributed by atoms with van der Waals surface area (Å²) in [5.41, 5.74) is 3.60. The van der Waals surface area contributed by atoms with Gasteiger partial charge in [-0.2, -0.15) is 0 Å². The topological polar surface area (TPSA) is 47.3 Å². The van der Waals surface area contributed by atoms with Crippen LogP contribution in [0.5, 0.6) is 0 Å². The Kier molecular flexibility index (Phi) is 6.17. The van der Waals surface area contributed by atoms with E-state index in [0.29, 0.717) is 17.5 Å².